The fourth-order valence-electron chi connectivity index (χ4n) is 2.83. The van der Waals surface area contributed by atoms with Crippen LogP contribution in [0.1, 0.15) is 19.3 Å². The Labute approximate surface area is 137 Å². The summed E-state index contributed by atoms with van der Waals surface area (Å²) < 4.78 is 10.5. The minimum Gasteiger partial charge on any atom is -0.497 e. The number of nitriles is 1. The van der Waals surface area contributed by atoms with Gasteiger partial charge in [0.1, 0.15) is 11.5 Å². The maximum absolute atomic E-state index is 12.6. The average molecular weight is 317 g/mol. The predicted molar refractivity (Wildman–Crippen MR) is 87.6 cm³/mol. The van der Waals surface area contributed by atoms with Crippen LogP contribution in [0.5, 0.6) is 11.5 Å². The van der Waals surface area contributed by atoms with Crippen LogP contribution < -0.4 is 14.8 Å². The van der Waals surface area contributed by atoms with Crippen LogP contribution in [-0.2, 0) is 4.79 Å². The number of amides is 1. The lowest BCUT2D eigenvalue weighted by atomic mass is 9.97. The highest BCUT2D eigenvalue weighted by Gasteiger charge is 2.26. The number of carbonyl (C=O) groups excluding carboxylic acids is 1. The van der Waals surface area contributed by atoms with Crippen LogP contribution in [-0.4, -0.2) is 44.7 Å². The minimum atomic E-state index is -0.0710. The third kappa shape index (κ3) is 4.60. The Kier molecular flexibility index (Phi) is 6.24. The first-order valence-electron chi connectivity index (χ1n) is 7.80. The van der Waals surface area contributed by atoms with Gasteiger partial charge in [-0.15, -0.1) is 0 Å². The van der Waals surface area contributed by atoms with E-state index in [0.717, 1.165) is 25.9 Å². The predicted octanol–water partition coefficient (Wildman–Crippen LogP) is 2.27. The molecule has 0 bridgehead atoms. The van der Waals surface area contributed by atoms with Gasteiger partial charge in [-0.2, -0.15) is 5.26 Å². The number of nitrogens with one attached hydrogen (secondary N) is 1. The highest BCUT2D eigenvalue weighted by molar-refractivity contribution is 5.94. The molecule has 1 aromatic rings. The number of methoxy groups -OCH3 is 2. The molecule has 1 unspecified atom stereocenters. The van der Waals surface area contributed by atoms with Gasteiger partial charge in [-0.3, -0.25) is 4.79 Å². The largest absolute Gasteiger partial charge is 0.497 e. The number of piperidine rings is 1. The van der Waals surface area contributed by atoms with Crippen molar-refractivity contribution in [3.63, 3.8) is 0 Å². The van der Waals surface area contributed by atoms with Gasteiger partial charge in [-0.1, -0.05) is 0 Å². The third-order valence-corrected chi connectivity index (χ3v) is 4.08. The standard InChI is InChI=1S/C17H23N3O3/c1-22-14-6-7-16(23-2)15(11-14)19-17(21)13-5-3-9-20(12-13)10-4-8-18/h6-7,11,13H,3-5,9-10,12H2,1-2H3,(H,19,21). The average Bonchev–Trinajstić information content (AvgIpc) is 2.60. The first-order valence-corrected chi connectivity index (χ1v) is 7.80. The minimum absolute atomic E-state index is 0.0155. The van der Waals surface area contributed by atoms with Gasteiger partial charge >= 0.3 is 0 Å². The summed E-state index contributed by atoms with van der Waals surface area (Å²) in [6, 6.07) is 7.47. The quantitative estimate of drug-likeness (QED) is 0.871. The van der Waals surface area contributed by atoms with Crippen molar-refractivity contribution < 1.29 is 14.3 Å². The highest BCUT2D eigenvalue weighted by atomic mass is 16.5. The first-order chi connectivity index (χ1) is 11.2. The van der Waals surface area contributed by atoms with Crippen LogP contribution in [0, 0.1) is 17.2 Å². The lowest BCUT2D eigenvalue weighted by molar-refractivity contribution is -0.121. The molecule has 0 aromatic heterocycles. The van der Waals surface area contributed by atoms with Crippen molar-refractivity contribution in [1.29, 1.82) is 5.26 Å². The summed E-state index contributed by atoms with van der Waals surface area (Å²) in [5.74, 6) is 1.19. The molecule has 0 aliphatic carbocycles. The molecule has 0 spiro atoms. The Hall–Kier alpha value is -2.26. The molecule has 1 aliphatic rings. The molecule has 1 aromatic carbocycles. The SMILES string of the molecule is COc1ccc(OC)c(NC(=O)C2CCCN(CCC#N)C2)c1. The number of carbonyl (C=O) groups is 1. The zero-order chi connectivity index (χ0) is 16.7. The van der Waals surface area contributed by atoms with E-state index in [-0.39, 0.29) is 11.8 Å². The summed E-state index contributed by atoms with van der Waals surface area (Å²) in [4.78, 5) is 14.7. The van der Waals surface area contributed by atoms with E-state index in [1.165, 1.54) is 0 Å². The van der Waals surface area contributed by atoms with E-state index in [4.69, 9.17) is 14.7 Å². The van der Waals surface area contributed by atoms with Crippen LogP contribution in [0.4, 0.5) is 5.69 Å². The van der Waals surface area contributed by atoms with Gasteiger partial charge in [0.2, 0.25) is 5.91 Å². The Morgan fingerprint density at radius 3 is 2.96 bits per heavy atom. The number of anilines is 1. The molecule has 23 heavy (non-hydrogen) atoms. The van der Waals surface area contributed by atoms with E-state index >= 15 is 0 Å². The maximum atomic E-state index is 12.6. The number of ether oxygens (including phenoxy) is 2. The summed E-state index contributed by atoms with van der Waals surface area (Å²) in [5, 5.41) is 11.6. The molecule has 1 heterocycles. The molecule has 1 amide bonds. The Balaban J connectivity index is 2.02. The van der Waals surface area contributed by atoms with Crippen molar-refractivity contribution in [3.8, 4) is 17.6 Å². The molecule has 0 saturated carbocycles. The molecular formula is C17H23N3O3. The Morgan fingerprint density at radius 2 is 2.26 bits per heavy atom. The zero-order valence-corrected chi connectivity index (χ0v) is 13.7. The summed E-state index contributed by atoms with van der Waals surface area (Å²) in [5.41, 5.74) is 0.617. The zero-order valence-electron chi connectivity index (χ0n) is 13.7. The van der Waals surface area contributed by atoms with Crippen molar-refractivity contribution in [1.82, 2.24) is 4.90 Å². The van der Waals surface area contributed by atoms with Crippen molar-refractivity contribution in [2.24, 2.45) is 5.92 Å². The smallest absolute Gasteiger partial charge is 0.228 e. The molecule has 6 heteroatoms. The van der Waals surface area contributed by atoms with Gasteiger partial charge in [0.25, 0.3) is 0 Å². The second kappa shape index (κ2) is 8.39. The lowest BCUT2D eigenvalue weighted by Crippen LogP contribution is -2.41. The van der Waals surface area contributed by atoms with Crippen molar-refractivity contribution in [3.05, 3.63) is 18.2 Å². The monoisotopic (exact) mass is 317 g/mol. The second-order valence-electron chi connectivity index (χ2n) is 5.60. The molecule has 1 aliphatic heterocycles. The molecule has 2 rings (SSSR count). The van der Waals surface area contributed by atoms with E-state index in [2.05, 4.69) is 16.3 Å². The van der Waals surface area contributed by atoms with E-state index in [0.29, 0.717) is 30.2 Å². The number of benzene rings is 1. The van der Waals surface area contributed by atoms with Gasteiger partial charge in [0, 0.05) is 25.6 Å². The number of hydrogen-bond acceptors (Lipinski definition) is 5. The van der Waals surface area contributed by atoms with Gasteiger partial charge < -0.3 is 19.7 Å². The summed E-state index contributed by atoms with van der Waals surface area (Å²) in [6.07, 6.45) is 2.33. The van der Waals surface area contributed by atoms with E-state index < -0.39 is 0 Å². The summed E-state index contributed by atoms with van der Waals surface area (Å²) in [6.45, 7) is 2.37. The molecule has 124 valence electrons. The molecule has 1 saturated heterocycles. The Morgan fingerprint density at radius 1 is 1.43 bits per heavy atom. The number of rotatable bonds is 6. The van der Waals surface area contributed by atoms with Crippen molar-refractivity contribution >= 4 is 11.6 Å². The van der Waals surface area contributed by atoms with Crippen LogP contribution in [0.15, 0.2) is 18.2 Å². The van der Waals surface area contributed by atoms with Gasteiger partial charge in [-0.05, 0) is 31.5 Å². The van der Waals surface area contributed by atoms with Crippen molar-refractivity contribution in [2.45, 2.75) is 19.3 Å². The molecular weight excluding hydrogens is 294 g/mol. The number of likely N-dealkylation sites (tertiary alicyclic amines) is 1. The van der Waals surface area contributed by atoms with Crippen molar-refractivity contribution in [2.75, 3.05) is 39.2 Å². The van der Waals surface area contributed by atoms with E-state index in [1.807, 2.05) is 0 Å². The van der Waals surface area contributed by atoms with Crippen LogP contribution in [0.2, 0.25) is 0 Å². The normalized spacial score (nSPS) is 18.0. The molecule has 6 nitrogen and oxygen atoms in total. The Bertz CT molecular complexity index is 583. The number of nitrogens with zero attached hydrogens (tertiary/aromatic N) is 2. The summed E-state index contributed by atoms with van der Waals surface area (Å²) in [7, 11) is 3.16. The number of hydrogen-bond donors (Lipinski definition) is 1. The fraction of sp³-hybridized carbons (Fsp3) is 0.529. The molecule has 0 radical (unpaired) electrons. The first kappa shape index (κ1) is 17.1. The van der Waals surface area contributed by atoms with Crippen LogP contribution in [0.3, 0.4) is 0 Å². The molecule has 1 N–H and O–H groups in total. The van der Waals surface area contributed by atoms with E-state index in [9.17, 15) is 4.79 Å². The van der Waals surface area contributed by atoms with Crippen LogP contribution in [0.25, 0.3) is 0 Å². The van der Waals surface area contributed by atoms with Gasteiger partial charge in [-0.25, -0.2) is 0 Å². The maximum Gasteiger partial charge on any atom is 0.228 e. The highest BCUT2D eigenvalue weighted by Crippen LogP contribution is 2.30. The fourth-order valence-corrected chi connectivity index (χ4v) is 2.83. The molecule has 1 fully saturated rings. The summed E-state index contributed by atoms with van der Waals surface area (Å²) >= 11 is 0. The van der Waals surface area contributed by atoms with Gasteiger partial charge in [0.15, 0.2) is 0 Å². The topological polar surface area (TPSA) is 74.6 Å². The van der Waals surface area contributed by atoms with Crippen LogP contribution >= 0.6 is 0 Å². The lowest BCUT2D eigenvalue weighted by Gasteiger charge is -2.31. The molecule has 1 atom stereocenters. The second-order valence-corrected chi connectivity index (χ2v) is 5.60. The van der Waals surface area contributed by atoms with E-state index in [1.54, 1.807) is 32.4 Å². The third-order valence-electron chi connectivity index (χ3n) is 4.08. The van der Waals surface area contributed by atoms with Gasteiger partial charge in [0.05, 0.1) is 31.9 Å².